The minimum absolute atomic E-state index is 0.838. The van der Waals surface area contributed by atoms with Crippen molar-refractivity contribution in [2.24, 2.45) is 0 Å². The van der Waals surface area contributed by atoms with Crippen LogP contribution in [0.4, 0.5) is 0 Å². The quantitative estimate of drug-likeness (QED) is 0.557. The molecule has 1 aromatic rings. The van der Waals surface area contributed by atoms with Crippen LogP contribution < -0.4 is 5.32 Å². The molecule has 0 aliphatic rings. The van der Waals surface area contributed by atoms with Crippen LogP contribution in [0, 0.1) is 0 Å². The molecular weight excluding hydrogens is 248 g/mol. The highest BCUT2D eigenvalue weighted by Crippen LogP contribution is 2.09. The maximum Gasteiger partial charge on any atom is 0.140 e. The lowest BCUT2D eigenvalue weighted by Gasteiger charge is -2.07. The molecule has 0 spiro atoms. The summed E-state index contributed by atoms with van der Waals surface area (Å²) in [6, 6.07) is 0. The Balaban J connectivity index is 2.05. The summed E-state index contributed by atoms with van der Waals surface area (Å²) in [6.45, 7) is 7.34. The lowest BCUT2D eigenvalue weighted by atomic mass is 10.1. The second kappa shape index (κ2) is 11.9. The van der Waals surface area contributed by atoms with Crippen molar-refractivity contribution < 1.29 is 0 Å². The molecule has 1 rings (SSSR count). The van der Waals surface area contributed by atoms with Gasteiger partial charge in [0.05, 0.1) is 6.54 Å². The Hall–Kier alpha value is -0.900. The largest absolute Gasteiger partial charge is 0.310 e. The first kappa shape index (κ1) is 17.2. The molecule has 0 bridgehead atoms. The van der Waals surface area contributed by atoms with Gasteiger partial charge in [-0.05, 0) is 19.4 Å². The first-order valence-corrected chi connectivity index (χ1v) is 8.45. The summed E-state index contributed by atoms with van der Waals surface area (Å²) in [6.07, 6.45) is 13.7. The standard InChI is InChI=1S/C16H32N4/c1-3-5-6-7-8-9-10-11-13-20-16(18-15-19-20)14-17-12-4-2/h15,17H,3-14H2,1-2H3. The Labute approximate surface area is 124 Å². The summed E-state index contributed by atoms with van der Waals surface area (Å²) in [7, 11) is 0. The summed E-state index contributed by atoms with van der Waals surface area (Å²) in [5.74, 6) is 1.07. The number of hydrogen-bond donors (Lipinski definition) is 1. The number of aryl methyl sites for hydroxylation is 1. The normalized spacial score (nSPS) is 11.1. The zero-order valence-corrected chi connectivity index (χ0v) is 13.4. The van der Waals surface area contributed by atoms with Gasteiger partial charge in [-0.25, -0.2) is 9.67 Å². The number of aromatic nitrogens is 3. The Bertz CT molecular complexity index is 322. The molecule has 1 heterocycles. The zero-order chi connectivity index (χ0) is 14.5. The van der Waals surface area contributed by atoms with Crippen LogP contribution in [0.5, 0.6) is 0 Å². The van der Waals surface area contributed by atoms with Gasteiger partial charge in [0.1, 0.15) is 12.2 Å². The van der Waals surface area contributed by atoms with Gasteiger partial charge in [0.2, 0.25) is 0 Å². The van der Waals surface area contributed by atoms with Gasteiger partial charge in [0, 0.05) is 6.54 Å². The van der Waals surface area contributed by atoms with Gasteiger partial charge in [-0.3, -0.25) is 0 Å². The number of unbranched alkanes of at least 4 members (excludes halogenated alkanes) is 7. The van der Waals surface area contributed by atoms with Crippen molar-refractivity contribution in [1.82, 2.24) is 20.1 Å². The van der Waals surface area contributed by atoms with Crippen molar-refractivity contribution in [3.05, 3.63) is 12.2 Å². The van der Waals surface area contributed by atoms with E-state index in [0.717, 1.165) is 31.9 Å². The predicted molar refractivity (Wildman–Crippen MR) is 84.6 cm³/mol. The van der Waals surface area contributed by atoms with Gasteiger partial charge in [0.15, 0.2) is 0 Å². The zero-order valence-electron chi connectivity index (χ0n) is 13.4. The van der Waals surface area contributed by atoms with Crippen molar-refractivity contribution >= 4 is 0 Å². The molecular formula is C16H32N4. The molecule has 116 valence electrons. The van der Waals surface area contributed by atoms with E-state index in [1.807, 2.05) is 0 Å². The minimum atomic E-state index is 0.838. The third kappa shape index (κ3) is 7.63. The van der Waals surface area contributed by atoms with E-state index in [1.165, 1.54) is 51.4 Å². The average molecular weight is 280 g/mol. The average Bonchev–Trinajstić information content (AvgIpc) is 2.90. The van der Waals surface area contributed by atoms with Gasteiger partial charge >= 0.3 is 0 Å². The number of nitrogens with zero attached hydrogens (tertiary/aromatic N) is 3. The third-order valence-corrected chi connectivity index (χ3v) is 3.63. The Kier molecular flexibility index (Phi) is 10.2. The molecule has 4 nitrogen and oxygen atoms in total. The van der Waals surface area contributed by atoms with Gasteiger partial charge in [-0.1, -0.05) is 58.8 Å². The highest BCUT2D eigenvalue weighted by atomic mass is 15.3. The molecule has 0 fully saturated rings. The molecule has 20 heavy (non-hydrogen) atoms. The van der Waals surface area contributed by atoms with Crippen molar-refractivity contribution in [2.45, 2.75) is 84.7 Å². The van der Waals surface area contributed by atoms with Gasteiger partial charge < -0.3 is 5.32 Å². The van der Waals surface area contributed by atoms with Crippen LogP contribution in [-0.2, 0) is 13.1 Å². The van der Waals surface area contributed by atoms with E-state index >= 15 is 0 Å². The van der Waals surface area contributed by atoms with E-state index in [-0.39, 0.29) is 0 Å². The first-order valence-electron chi connectivity index (χ1n) is 8.45. The van der Waals surface area contributed by atoms with Crippen LogP contribution >= 0.6 is 0 Å². The van der Waals surface area contributed by atoms with Crippen molar-refractivity contribution in [1.29, 1.82) is 0 Å². The maximum atomic E-state index is 4.33. The fraction of sp³-hybridized carbons (Fsp3) is 0.875. The van der Waals surface area contributed by atoms with Gasteiger partial charge in [-0.15, -0.1) is 0 Å². The summed E-state index contributed by atoms with van der Waals surface area (Å²) >= 11 is 0. The van der Waals surface area contributed by atoms with Crippen LogP contribution in [0.2, 0.25) is 0 Å². The molecule has 0 saturated carbocycles. The van der Waals surface area contributed by atoms with E-state index in [4.69, 9.17) is 0 Å². The van der Waals surface area contributed by atoms with Gasteiger partial charge in [0.25, 0.3) is 0 Å². The molecule has 1 N–H and O–H groups in total. The second-order valence-electron chi connectivity index (χ2n) is 5.55. The topological polar surface area (TPSA) is 42.7 Å². The Morgan fingerprint density at radius 1 is 0.950 bits per heavy atom. The van der Waals surface area contributed by atoms with Crippen LogP contribution in [0.15, 0.2) is 6.33 Å². The molecule has 0 radical (unpaired) electrons. The molecule has 0 aromatic carbocycles. The van der Waals surface area contributed by atoms with Crippen LogP contribution in [-0.4, -0.2) is 21.3 Å². The second-order valence-corrected chi connectivity index (χ2v) is 5.55. The fourth-order valence-electron chi connectivity index (χ4n) is 2.38. The Morgan fingerprint density at radius 2 is 1.65 bits per heavy atom. The minimum Gasteiger partial charge on any atom is -0.310 e. The first-order chi connectivity index (χ1) is 9.88. The predicted octanol–water partition coefficient (Wildman–Crippen LogP) is 3.92. The molecule has 0 aliphatic heterocycles. The molecule has 0 amide bonds. The van der Waals surface area contributed by atoms with Crippen molar-refractivity contribution in [3.63, 3.8) is 0 Å². The van der Waals surface area contributed by atoms with E-state index in [9.17, 15) is 0 Å². The lowest BCUT2D eigenvalue weighted by molar-refractivity contribution is 0.496. The molecule has 1 aromatic heterocycles. The summed E-state index contributed by atoms with van der Waals surface area (Å²) in [5.41, 5.74) is 0. The maximum absolute atomic E-state index is 4.33. The lowest BCUT2D eigenvalue weighted by Crippen LogP contribution is -2.18. The Morgan fingerprint density at radius 3 is 2.35 bits per heavy atom. The molecule has 0 saturated heterocycles. The summed E-state index contributed by atoms with van der Waals surface area (Å²) in [4.78, 5) is 4.33. The smallest absolute Gasteiger partial charge is 0.140 e. The monoisotopic (exact) mass is 280 g/mol. The molecule has 0 atom stereocenters. The van der Waals surface area contributed by atoms with Crippen molar-refractivity contribution in [3.8, 4) is 0 Å². The number of rotatable bonds is 13. The van der Waals surface area contributed by atoms with Gasteiger partial charge in [-0.2, -0.15) is 5.10 Å². The van der Waals surface area contributed by atoms with Crippen LogP contribution in [0.3, 0.4) is 0 Å². The van der Waals surface area contributed by atoms with Crippen LogP contribution in [0.1, 0.15) is 77.5 Å². The highest BCUT2D eigenvalue weighted by molar-refractivity contribution is 4.83. The van der Waals surface area contributed by atoms with E-state index in [1.54, 1.807) is 6.33 Å². The third-order valence-electron chi connectivity index (χ3n) is 3.63. The summed E-state index contributed by atoms with van der Waals surface area (Å²) < 4.78 is 2.06. The number of nitrogens with one attached hydrogen (secondary N) is 1. The highest BCUT2D eigenvalue weighted by Gasteiger charge is 2.03. The van der Waals surface area contributed by atoms with Crippen LogP contribution in [0.25, 0.3) is 0 Å². The van der Waals surface area contributed by atoms with E-state index in [2.05, 4.69) is 33.9 Å². The van der Waals surface area contributed by atoms with E-state index in [0.29, 0.717) is 0 Å². The SMILES string of the molecule is CCCCCCCCCCn1ncnc1CNCCC. The van der Waals surface area contributed by atoms with E-state index < -0.39 is 0 Å². The molecule has 4 heteroatoms. The van der Waals surface area contributed by atoms with Crippen molar-refractivity contribution in [2.75, 3.05) is 6.54 Å². The molecule has 0 aliphatic carbocycles. The summed E-state index contributed by atoms with van der Waals surface area (Å²) in [5, 5.41) is 7.70. The number of hydrogen-bond acceptors (Lipinski definition) is 3. The fourth-order valence-corrected chi connectivity index (χ4v) is 2.38. The molecule has 0 unspecified atom stereocenters.